The maximum atomic E-state index is 12.4. The molecule has 0 saturated heterocycles. The van der Waals surface area contributed by atoms with E-state index in [4.69, 9.17) is 9.47 Å². The van der Waals surface area contributed by atoms with Crippen molar-refractivity contribution in [1.29, 1.82) is 0 Å². The summed E-state index contributed by atoms with van der Waals surface area (Å²) in [5.41, 5.74) is 0.544. The summed E-state index contributed by atoms with van der Waals surface area (Å²) in [6.07, 6.45) is 0. The van der Waals surface area contributed by atoms with Crippen LogP contribution in [0, 0.1) is 10.1 Å². The summed E-state index contributed by atoms with van der Waals surface area (Å²) in [6, 6.07) is 10.5. The fourth-order valence-electron chi connectivity index (χ4n) is 2.80. The van der Waals surface area contributed by atoms with Gasteiger partial charge in [-0.05, 0) is 36.8 Å². The number of hydrogen-bond acceptors (Lipinski definition) is 9. The number of rotatable bonds is 12. The molecule has 0 aliphatic heterocycles. The van der Waals surface area contributed by atoms with Crippen molar-refractivity contribution < 1.29 is 32.4 Å². The highest BCUT2D eigenvalue weighted by Gasteiger charge is 2.22. The van der Waals surface area contributed by atoms with Crippen LogP contribution in [-0.4, -0.2) is 64.0 Å². The van der Waals surface area contributed by atoms with Gasteiger partial charge in [0.1, 0.15) is 18.0 Å². The number of nitro benzene ring substituents is 1. The highest BCUT2D eigenvalue weighted by molar-refractivity contribution is 7.89. The Morgan fingerprint density at radius 2 is 1.82 bits per heavy atom. The number of benzene rings is 2. The molecule has 0 unspecified atom stereocenters. The Balaban J connectivity index is 1.86. The monoisotopic (exact) mass is 494 g/mol. The first kappa shape index (κ1) is 26.5. The number of carbonyl (C=O) groups is 2. The molecule has 1 amide bonds. The van der Waals surface area contributed by atoms with Crippen LogP contribution in [0.5, 0.6) is 5.75 Å². The molecule has 0 saturated carbocycles. The lowest BCUT2D eigenvalue weighted by atomic mass is 10.2. The fraction of sp³-hybridized carbons (Fsp3) is 0.333. The second kappa shape index (κ2) is 12.0. The zero-order chi connectivity index (χ0) is 25.3. The van der Waals surface area contributed by atoms with Gasteiger partial charge in [0, 0.05) is 26.7 Å². The number of esters is 1. The molecule has 0 heterocycles. The third-order valence-electron chi connectivity index (χ3n) is 4.59. The molecule has 0 aliphatic rings. The third kappa shape index (κ3) is 7.42. The van der Waals surface area contributed by atoms with E-state index in [1.54, 1.807) is 12.1 Å². The first-order valence-corrected chi connectivity index (χ1v) is 11.6. The fourth-order valence-corrected chi connectivity index (χ4v) is 3.79. The lowest BCUT2D eigenvalue weighted by Crippen LogP contribution is -2.34. The summed E-state index contributed by atoms with van der Waals surface area (Å²) in [4.78, 5) is 35.5. The molecular formula is C21H26N4O8S. The zero-order valence-electron chi connectivity index (χ0n) is 18.9. The van der Waals surface area contributed by atoms with Gasteiger partial charge >= 0.3 is 5.97 Å². The van der Waals surface area contributed by atoms with Crippen LogP contribution in [0.4, 0.5) is 11.4 Å². The van der Waals surface area contributed by atoms with E-state index in [1.807, 2.05) is 23.8 Å². The minimum atomic E-state index is -4.23. The van der Waals surface area contributed by atoms with E-state index in [-0.39, 0.29) is 12.2 Å². The van der Waals surface area contributed by atoms with Crippen molar-refractivity contribution in [3.63, 3.8) is 0 Å². The van der Waals surface area contributed by atoms with Gasteiger partial charge in [-0.1, -0.05) is 12.1 Å². The van der Waals surface area contributed by atoms with E-state index >= 15 is 0 Å². The van der Waals surface area contributed by atoms with Crippen molar-refractivity contribution in [2.75, 3.05) is 39.2 Å². The smallest absolute Gasteiger partial charge is 0.321 e. The summed E-state index contributed by atoms with van der Waals surface area (Å²) < 4.78 is 37.0. The Morgan fingerprint density at radius 3 is 2.41 bits per heavy atom. The molecular weight excluding hydrogens is 468 g/mol. The van der Waals surface area contributed by atoms with E-state index in [0.29, 0.717) is 12.4 Å². The molecule has 0 aliphatic carbocycles. The Morgan fingerprint density at radius 1 is 1.15 bits per heavy atom. The number of anilines is 1. The van der Waals surface area contributed by atoms with Crippen LogP contribution < -0.4 is 14.8 Å². The predicted octanol–water partition coefficient (Wildman–Crippen LogP) is 1.52. The van der Waals surface area contributed by atoms with Gasteiger partial charge in [0.2, 0.25) is 10.0 Å². The topological polar surface area (TPSA) is 157 Å². The molecule has 2 N–H and O–H groups in total. The van der Waals surface area contributed by atoms with Gasteiger partial charge in [-0.2, -0.15) is 4.72 Å². The lowest BCUT2D eigenvalue weighted by Gasteiger charge is -2.17. The van der Waals surface area contributed by atoms with Gasteiger partial charge in [0.05, 0.1) is 16.4 Å². The van der Waals surface area contributed by atoms with Crippen LogP contribution in [0.25, 0.3) is 0 Å². The minimum Gasteiger partial charge on any atom is -0.494 e. The van der Waals surface area contributed by atoms with Crippen molar-refractivity contribution in [1.82, 2.24) is 9.62 Å². The minimum absolute atomic E-state index is 0.135. The number of nitro groups is 1. The van der Waals surface area contributed by atoms with Crippen molar-refractivity contribution in [3.8, 4) is 5.75 Å². The molecule has 34 heavy (non-hydrogen) atoms. The molecule has 0 bridgehead atoms. The number of hydrogen-bond donors (Lipinski definition) is 2. The molecule has 0 atom stereocenters. The van der Waals surface area contributed by atoms with E-state index < -0.39 is 50.6 Å². The van der Waals surface area contributed by atoms with Gasteiger partial charge in [0.25, 0.3) is 11.6 Å². The third-order valence-corrected chi connectivity index (χ3v) is 5.99. The van der Waals surface area contributed by atoms with Crippen LogP contribution in [0.2, 0.25) is 0 Å². The van der Waals surface area contributed by atoms with E-state index in [0.717, 1.165) is 17.7 Å². The van der Waals surface area contributed by atoms with Crippen molar-refractivity contribution in [2.24, 2.45) is 0 Å². The number of likely N-dealkylation sites (N-methyl/N-ethyl adjacent to an activating group) is 1. The van der Waals surface area contributed by atoms with Crippen molar-refractivity contribution >= 4 is 33.3 Å². The average Bonchev–Trinajstić information content (AvgIpc) is 2.82. The SMILES string of the molecule is CCOc1ccc(CN(C)C(=O)COC(=O)CNS(=O)(=O)c2ccc(NC)c([N+](=O)[O-])c2)cc1. The molecule has 0 aromatic heterocycles. The summed E-state index contributed by atoms with van der Waals surface area (Å²) in [5.74, 6) is -0.750. The van der Waals surface area contributed by atoms with Crippen molar-refractivity contribution in [3.05, 3.63) is 58.1 Å². The molecule has 2 rings (SSSR count). The molecule has 12 nitrogen and oxygen atoms in total. The normalized spacial score (nSPS) is 10.9. The Kier molecular flexibility index (Phi) is 9.33. The quantitative estimate of drug-likeness (QED) is 0.253. The number of nitrogens with zero attached hydrogens (tertiary/aromatic N) is 2. The number of ether oxygens (including phenoxy) is 2. The maximum Gasteiger partial charge on any atom is 0.321 e. The molecule has 184 valence electrons. The summed E-state index contributed by atoms with van der Waals surface area (Å²) in [6.45, 7) is 1.37. The lowest BCUT2D eigenvalue weighted by molar-refractivity contribution is -0.384. The molecule has 13 heteroatoms. The number of carbonyl (C=O) groups excluding carboxylic acids is 2. The van der Waals surface area contributed by atoms with Gasteiger partial charge in [-0.3, -0.25) is 19.7 Å². The molecule has 0 radical (unpaired) electrons. The van der Waals surface area contributed by atoms with Gasteiger partial charge in [-0.25, -0.2) is 8.42 Å². The predicted molar refractivity (Wildman–Crippen MR) is 123 cm³/mol. The Labute approximate surface area is 197 Å². The first-order valence-electron chi connectivity index (χ1n) is 10.1. The number of nitrogens with one attached hydrogen (secondary N) is 2. The van der Waals surface area contributed by atoms with E-state index in [1.165, 1.54) is 25.1 Å². The van der Waals surface area contributed by atoms with Crippen molar-refractivity contribution in [2.45, 2.75) is 18.4 Å². The standard InChI is InChI=1S/C21H26N4O8S/c1-4-32-16-7-5-15(6-8-16)13-24(3)20(26)14-33-21(27)12-23-34(30,31)17-9-10-18(22-2)19(11-17)25(28)29/h5-11,22-23H,4,12-14H2,1-3H3. The maximum absolute atomic E-state index is 12.4. The van der Waals surface area contributed by atoms with Crippen LogP contribution in [0.1, 0.15) is 12.5 Å². The average molecular weight is 495 g/mol. The second-order valence-corrected chi connectivity index (χ2v) is 8.77. The molecule has 2 aromatic carbocycles. The molecule has 2 aromatic rings. The second-order valence-electron chi connectivity index (χ2n) is 7.00. The molecule has 0 fully saturated rings. The Hall–Kier alpha value is -3.71. The molecule has 0 spiro atoms. The van der Waals surface area contributed by atoms with E-state index in [2.05, 4.69) is 5.32 Å². The number of sulfonamides is 1. The van der Waals surface area contributed by atoms with Crippen LogP contribution in [-0.2, 0) is 30.9 Å². The van der Waals surface area contributed by atoms with Gasteiger partial charge < -0.3 is 19.7 Å². The summed E-state index contributed by atoms with van der Waals surface area (Å²) in [7, 11) is -1.23. The Bertz CT molecular complexity index is 1140. The summed E-state index contributed by atoms with van der Waals surface area (Å²) >= 11 is 0. The van der Waals surface area contributed by atoms with Gasteiger partial charge in [-0.15, -0.1) is 0 Å². The zero-order valence-corrected chi connectivity index (χ0v) is 19.8. The van der Waals surface area contributed by atoms with Crippen LogP contribution in [0.15, 0.2) is 47.4 Å². The number of amides is 1. The largest absolute Gasteiger partial charge is 0.494 e. The first-order chi connectivity index (χ1) is 16.1. The van der Waals surface area contributed by atoms with E-state index in [9.17, 15) is 28.1 Å². The summed E-state index contributed by atoms with van der Waals surface area (Å²) in [5, 5.41) is 13.7. The van der Waals surface area contributed by atoms with Crippen LogP contribution in [0.3, 0.4) is 0 Å². The highest BCUT2D eigenvalue weighted by Crippen LogP contribution is 2.27. The highest BCUT2D eigenvalue weighted by atomic mass is 32.2. The van der Waals surface area contributed by atoms with Gasteiger partial charge in [0.15, 0.2) is 6.61 Å². The van der Waals surface area contributed by atoms with Crippen LogP contribution >= 0.6 is 0 Å².